The van der Waals surface area contributed by atoms with E-state index in [2.05, 4.69) is 17.2 Å². The molecule has 1 fully saturated rings. The Morgan fingerprint density at radius 2 is 2.10 bits per heavy atom. The molecule has 1 amide bonds. The molecule has 4 nitrogen and oxygen atoms in total. The van der Waals surface area contributed by atoms with E-state index in [0.717, 1.165) is 10.9 Å². The van der Waals surface area contributed by atoms with E-state index in [4.69, 9.17) is 5.73 Å². The third-order valence-electron chi connectivity index (χ3n) is 4.65. The number of rotatable bonds is 3. The van der Waals surface area contributed by atoms with Gasteiger partial charge >= 0.3 is 0 Å². The number of nitrogens with one attached hydrogen (secondary N) is 2. The maximum atomic E-state index is 12.4. The minimum Gasteiger partial charge on any atom is -0.397 e. The highest BCUT2D eigenvalue weighted by atomic mass is 16.1. The Bertz CT molecular complexity index is 641. The maximum Gasteiger partial charge on any atom is 0.267 e. The zero-order valence-electron chi connectivity index (χ0n) is 12.5. The number of aromatic amines is 1. The summed E-state index contributed by atoms with van der Waals surface area (Å²) in [5, 5.41) is 4.11. The maximum absolute atomic E-state index is 12.4. The van der Waals surface area contributed by atoms with E-state index in [1.54, 1.807) is 0 Å². The predicted octanol–water partition coefficient (Wildman–Crippen LogP) is 3.45. The van der Waals surface area contributed by atoms with Gasteiger partial charge in [0.1, 0.15) is 5.69 Å². The van der Waals surface area contributed by atoms with E-state index >= 15 is 0 Å². The molecule has 1 aromatic heterocycles. The van der Waals surface area contributed by atoms with Gasteiger partial charge in [-0.05, 0) is 37.8 Å². The van der Waals surface area contributed by atoms with Gasteiger partial charge < -0.3 is 16.0 Å². The van der Waals surface area contributed by atoms with Crippen LogP contribution in [0.5, 0.6) is 0 Å². The van der Waals surface area contributed by atoms with Crippen LogP contribution in [0, 0.1) is 5.92 Å². The van der Waals surface area contributed by atoms with Crippen LogP contribution < -0.4 is 11.1 Å². The topological polar surface area (TPSA) is 70.9 Å². The lowest BCUT2D eigenvalue weighted by atomic mass is 9.84. The van der Waals surface area contributed by atoms with Crippen molar-refractivity contribution in [2.45, 2.75) is 45.1 Å². The molecule has 1 unspecified atom stereocenters. The summed E-state index contributed by atoms with van der Waals surface area (Å²) in [6, 6.07) is 7.79. The third-order valence-corrected chi connectivity index (χ3v) is 4.65. The number of fused-ring (bicyclic) bond motifs is 1. The summed E-state index contributed by atoms with van der Waals surface area (Å²) < 4.78 is 0. The van der Waals surface area contributed by atoms with Gasteiger partial charge in [0, 0.05) is 11.4 Å². The number of anilines is 1. The van der Waals surface area contributed by atoms with Crippen molar-refractivity contribution in [3.63, 3.8) is 0 Å². The predicted molar refractivity (Wildman–Crippen MR) is 86.2 cm³/mol. The highest BCUT2D eigenvalue weighted by Gasteiger charge is 2.22. The van der Waals surface area contributed by atoms with Gasteiger partial charge in [0.2, 0.25) is 0 Å². The lowest BCUT2D eigenvalue weighted by molar-refractivity contribution is 0.0915. The molecule has 1 aliphatic rings. The molecule has 1 atom stereocenters. The number of hydrogen-bond donors (Lipinski definition) is 3. The van der Waals surface area contributed by atoms with Gasteiger partial charge in [0.15, 0.2) is 0 Å². The number of para-hydroxylation sites is 1. The van der Waals surface area contributed by atoms with E-state index < -0.39 is 0 Å². The number of H-pyrrole nitrogens is 1. The second-order valence-corrected chi connectivity index (χ2v) is 6.15. The number of nitrogens with two attached hydrogens (primary N) is 1. The zero-order chi connectivity index (χ0) is 14.8. The molecule has 1 heterocycles. The molecule has 1 aromatic carbocycles. The lowest BCUT2D eigenvalue weighted by Crippen LogP contribution is -2.39. The number of aromatic nitrogens is 1. The minimum atomic E-state index is -0.0383. The van der Waals surface area contributed by atoms with Crippen molar-refractivity contribution in [3.05, 3.63) is 30.0 Å². The van der Waals surface area contributed by atoms with Gasteiger partial charge in [-0.3, -0.25) is 4.79 Å². The summed E-state index contributed by atoms with van der Waals surface area (Å²) in [5.41, 5.74) is 8.03. The number of hydrogen-bond acceptors (Lipinski definition) is 2. The lowest BCUT2D eigenvalue weighted by Gasteiger charge is -2.28. The van der Waals surface area contributed by atoms with Crippen LogP contribution in [0.3, 0.4) is 0 Å². The minimum absolute atomic E-state index is 0.0383. The van der Waals surface area contributed by atoms with Gasteiger partial charge in [-0.1, -0.05) is 31.4 Å². The van der Waals surface area contributed by atoms with Crippen LogP contribution in [0.15, 0.2) is 24.3 Å². The summed E-state index contributed by atoms with van der Waals surface area (Å²) in [4.78, 5) is 15.5. The SMILES string of the molecule is CC(NC(=O)c1cc2cccc(N)c2[nH]1)C1CCCCC1. The Hall–Kier alpha value is -1.97. The number of carbonyl (C=O) groups excluding carboxylic acids is 1. The van der Waals surface area contributed by atoms with Crippen LogP contribution in [-0.2, 0) is 0 Å². The molecule has 4 heteroatoms. The molecule has 112 valence electrons. The van der Waals surface area contributed by atoms with Gasteiger partial charge in [-0.25, -0.2) is 0 Å². The van der Waals surface area contributed by atoms with Crippen molar-refractivity contribution in [3.8, 4) is 0 Å². The first-order valence-corrected chi connectivity index (χ1v) is 7.83. The van der Waals surface area contributed by atoms with Gasteiger partial charge in [0.05, 0.1) is 11.2 Å². The van der Waals surface area contributed by atoms with Crippen molar-refractivity contribution in [2.24, 2.45) is 5.92 Å². The smallest absolute Gasteiger partial charge is 0.267 e. The van der Waals surface area contributed by atoms with Crippen LogP contribution in [0.1, 0.15) is 49.5 Å². The van der Waals surface area contributed by atoms with Crippen LogP contribution in [-0.4, -0.2) is 16.9 Å². The number of nitrogen functional groups attached to an aromatic ring is 1. The first-order chi connectivity index (χ1) is 10.1. The van der Waals surface area contributed by atoms with E-state index in [0.29, 0.717) is 17.3 Å². The average molecular weight is 285 g/mol. The number of amides is 1. The molecule has 0 spiro atoms. The molecule has 3 rings (SSSR count). The molecule has 0 aliphatic heterocycles. The van der Waals surface area contributed by atoms with E-state index in [-0.39, 0.29) is 11.9 Å². The summed E-state index contributed by atoms with van der Waals surface area (Å²) in [5.74, 6) is 0.570. The Kier molecular flexibility index (Phi) is 3.86. The molecule has 1 saturated carbocycles. The van der Waals surface area contributed by atoms with E-state index in [9.17, 15) is 4.79 Å². The molecule has 21 heavy (non-hydrogen) atoms. The largest absolute Gasteiger partial charge is 0.397 e. The third kappa shape index (κ3) is 2.89. The summed E-state index contributed by atoms with van der Waals surface area (Å²) in [7, 11) is 0. The molecule has 4 N–H and O–H groups in total. The molecule has 2 aromatic rings. The number of benzene rings is 1. The standard InChI is InChI=1S/C17H23N3O/c1-11(12-6-3-2-4-7-12)19-17(21)15-10-13-8-5-9-14(18)16(13)20-15/h5,8-12,20H,2-4,6-7,18H2,1H3,(H,19,21). The second kappa shape index (κ2) is 5.80. The second-order valence-electron chi connectivity index (χ2n) is 6.15. The van der Waals surface area contributed by atoms with Crippen LogP contribution in [0.4, 0.5) is 5.69 Å². The molecule has 0 radical (unpaired) electrons. The van der Waals surface area contributed by atoms with Crippen molar-refractivity contribution in [2.75, 3.05) is 5.73 Å². The van der Waals surface area contributed by atoms with Crippen LogP contribution in [0.2, 0.25) is 0 Å². The fraction of sp³-hybridized carbons (Fsp3) is 0.471. The van der Waals surface area contributed by atoms with Gasteiger partial charge in [-0.2, -0.15) is 0 Å². The first-order valence-electron chi connectivity index (χ1n) is 7.83. The van der Waals surface area contributed by atoms with E-state index in [1.807, 2.05) is 24.3 Å². The highest BCUT2D eigenvalue weighted by Crippen LogP contribution is 2.27. The molecule has 0 bridgehead atoms. The monoisotopic (exact) mass is 285 g/mol. The molecule has 0 saturated heterocycles. The highest BCUT2D eigenvalue weighted by molar-refractivity contribution is 6.00. The molecule has 1 aliphatic carbocycles. The van der Waals surface area contributed by atoms with Crippen LogP contribution >= 0.6 is 0 Å². The van der Waals surface area contributed by atoms with Gasteiger partial charge in [-0.15, -0.1) is 0 Å². The zero-order valence-corrected chi connectivity index (χ0v) is 12.5. The van der Waals surface area contributed by atoms with E-state index in [1.165, 1.54) is 32.1 Å². The van der Waals surface area contributed by atoms with Crippen LogP contribution in [0.25, 0.3) is 10.9 Å². The fourth-order valence-corrected chi connectivity index (χ4v) is 3.34. The summed E-state index contributed by atoms with van der Waals surface area (Å²) >= 11 is 0. The fourth-order valence-electron chi connectivity index (χ4n) is 3.34. The summed E-state index contributed by atoms with van der Waals surface area (Å²) in [6.45, 7) is 2.12. The van der Waals surface area contributed by atoms with Gasteiger partial charge in [0.25, 0.3) is 5.91 Å². The average Bonchev–Trinajstić information content (AvgIpc) is 2.94. The van der Waals surface area contributed by atoms with Crippen molar-refractivity contribution in [1.29, 1.82) is 0 Å². The van der Waals surface area contributed by atoms with Crippen molar-refractivity contribution < 1.29 is 4.79 Å². The first kappa shape index (κ1) is 14.0. The summed E-state index contributed by atoms with van der Waals surface area (Å²) in [6.07, 6.45) is 6.35. The number of carbonyl (C=O) groups is 1. The van der Waals surface area contributed by atoms with Crippen molar-refractivity contribution in [1.82, 2.24) is 10.3 Å². The Morgan fingerprint density at radius 1 is 1.33 bits per heavy atom. The molecular formula is C17H23N3O. The Balaban J connectivity index is 1.72. The Labute approximate surface area is 125 Å². The molecular weight excluding hydrogens is 262 g/mol. The van der Waals surface area contributed by atoms with Crippen molar-refractivity contribution >= 4 is 22.5 Å². The normalized spacial score (nSPS) is 17.8. The Morgan fingerprint density at radius 3 is 2.81 bits per heavy atom. The quantitative estimate of drug-likeness (QED) is 0.756.